The van der Waals surface area contributed by atoms with Crippen LogP contribution in [0.4, 0.5) is 4.79 Å². The molecule has 0 fully saturated rings. The highest BCUT2D eigenvalue weighted by molar-refractivity contribution is 5.87. The Morgan fingerprint density at radius 1 is 1.45 bits per heavy atom. The van der Waals surface area contributed by atoms with Gasteiger partial charge in [0.15, 0.2) is 5.78 Å². The molecule has 2 amide bonds. The van der Waals surface area contributed by atoms with E-state index < -0.39 is 6.04 Å². The Bertz CT molecular complexity index is 471. The van der Waals surface area contributed by atoms with Crippen molar-refractivity contribution in [1.82, 2.24) is 15.2 Å². The summed E-state index contributed by atoms with van der Waals surface area (Å²) in [5.74, 6) is -0.0202. The van der Waals surface area contributed by atoms with Crippen molar-refractivity contribution in [3.05, 3.63) is 42.9 Å². The minimum Gasteiger partial charge on any atom is -0.328 e. The molecular weight excluding hydrogens is 254 g/mol. The number of aromatic nitrogens is 1. The second-order valence-electron chi connectivity index (χ2n) is 4.91. The van der Waals surface area contributed by atoms with Crippen LogP contribution in [0.2, 0.25) is 0 Å². The van der Waals surface area contributed by atoms with E-state index in [1.54, 1.807) is 6.20 Å². The summed E-state index contributed by atoms with van der Waals surface area (Å²) in [7, 11) is 0. The van der Waals surface area contributed by atoms with Crippen LogP contribution in [0.3, 0.4) is 0 Å². The summed E-state index contributed by atoms with van der Waals surface area (Å²) >= 11 is 0. The van der Waals surface area contributed by atoms with E-state index in [0.29, 0.717) is 6.54 Å². The Morgan fingerprint density at radius 3 is 2.60 bits per heavy atom. The fourth-order valence-electron chi connectivity index (χ4n) is 1.84. The van der Waals surface area contributed by atoms with Gasteiger partial charge in [0.2, 0.25) is 0 Å². The molecule has 0 aromatic carbocycles. The molecule has 1 aromatic heterocycles. The van der Waals surface area contributed by atoms with E-state index in [4.69, 9.17) is 0 Å². The minimum atomic E-state index is -0.492. The molecular formula is C15H21N3O2. The molecule has 1 rings (SSSR count). The summed E-state index contributed by atoms with van der Waals surface area (Å²) in [6.07, 6.45) is 3.10. The average Bonchev–Trinajstić information content (AvgIpc) is 2.42. The lowest BCUT2D eigenvalue weighted by Gasteiger charge is -2.24. The molecule has 5 heteroatoms. The van der Waals surface area contributed by atoms with Crippen LogP contribution < -0.4 is 5.32 Å². The molecule has 0 aliphatic rings. The van der Waals surface area contributed by atoms with Gasteiger partial charge in [-0.3, -0.25) is 14.7 Å². The normalized spacial score (nSPS) is 11.8. The predicted octanol–water partition coefficient (Wildman–Crippen LogP) is 2.35. The highest BCUT2D eigenvalue weighted by atomic mass is 16.2. The van der Waals surface area contributed by atoms with E-state index >= 15 is 0 Å². The van der Waals surface area contributed by atoms with Gasteiger partial charge >= 0.3 is 6.03 Å². The molecule has 0 saturated carbocycles. The molecule has 0 aliphatic carbocycles. The molecule has 1 N–H and O–H groups in total. The number of Topliss-reactive ketones (excluding diaryl/α,β-unsaturated/α-hetero) is 1. The summed E-state index contributed by atoms with van der Waals surface area (Å²) in [5.41, 5.74) is 0.756. The third kappa shape index (κ3) is 4.50. The standard InChI is InChI=1S/C15H21N3O2/c1-5-18(10-13-8-6-7-9-16-13)15(20)17-14(11(2)3)12(4)19/h5-9,11,14H,1,10H2,2-4H3,(H,17,20). The summed E-state index contributed by atoms with van der Waals surface area (Å²) < 4.78 is 0. The molecule has 0 saturated heterocycles. The van der Waals surface area contributed by atoms with Crippen molar-refractivity contribution in [3.63, 3.8) is 0 Å². The van der Waals surface area contributed by atoms with E-state index in [0.717, 1.165) is 5.69 Å². The van der Waals surface area contributed by atoms with Gasteiger partial charge in [-0.05, 0) is 25.0 Å². The van der Waals surface area contributed by atoms with Gasteiger partial charge in [-0.2, -0.15) is 0 Å². The zero-order valence-electron chi connectivity index (χ0n) is 12.2. The smallest absolute Gasteiger partial charge is 0.322 e. The quantitative estimate of drug-likeness (QED) is 0.866. The van der Waals surface area contributed by atoms with E-state index in [1.807, 2.05) is 32.0 Å². The van der Waals surface area contributed by atoms with Gasteiger partial charge in [0.25, 0.3) is 0 Å². The van der Waals surface area contributed by atoms with Crippen molar-refractivity contribution in [2.45, 2.75) is 33.4 Å². The SMILES string of the molecule is C=CN(Cc1ccccn1)C(=O)NC(C(C)=O)C(C)C. The Labute approximate surface area is 119 Å². The highest BCUT2D eigenvalue weighted by Gasteiger charge is 2.22. The summed E-state index contributed by atoms with van der Waals surface area (Å²) in [6, 6.07) is 4.66. The van der Waals surface area contributed by atoms with Crippen LogP contribution in [0.25, 0.3) is 0 Å². The van der Waals surface area contributed by atoms with Crippen molar-refractivity contribution in [1.29, 1.82) is 0 Å². The zero-order chi connectivity index (χ0) is 15.1. The van der Waals surface area contributed by atoms with E-state index in [-0.39, 0.29) is 17.7 Å². The lowest BCUT2D eigenvalue weighted by Crippen LogP contribution is -2.47. The Hall–Kier alpha value is -2.17. The number of rotatable bonds is 6. The zero-order valence-corrected chi connectivity index (χ0v) is 12.2. The summed E-state index contributed by atoms with van der Waals surface area (Å²) in [5, 5.41) is 2.73. The molecule has 20 heavy (non-hydrogen) atoms. The fourth-order valence-corrected chi connectivity index (χ4v) is 1.84. The van der Waals surface area contributed by atoms with Gasteiger partial charge in [0, 0.05) is 12.4 Å². The van der Waals surface area contributed by atoms with Gasteiger partial charge in [-0.25, -0.2) is 4.79 Å². The Kier molecular flexibility index (Phi) is 5.90. The predicted molar refractivity (Wildman–Crippen MR) is 77.8 cm³/mol. The van der Waals surface area contributed by atoms with Crippen LogP contribution >= 0.6 is 0 Å². The molecule has 0 bridgehead atoms. The van der Waals surface area contributed by atoms with Crippen LogP contribution in [-0.4, -0.2) is 27.7 Å². The molecule has 0 spiro atoms. The molecule has 0 radical (unpaired) electrons. The number of nitrogens with zero attached hydrogens (tertiary/aromatic N) is 2. The number of pyridine rings is 1. The topological polar surface area (TPSA) is 62.3 Å². The van der Waals surface area contributed by atoms with E-state index in [1.165, 1.54) is 18.0 Å². The second-order valence-corrected chi connectivity index (χ2v) is 4.91. The summed E-state index contributed by atoms with van der Waals surface area (Å²) in [6.45, 7) is 9.20. The average molecular weight is 275 g/mol. The molecule has 1 atom stereocenters. The molecule has 1 heterocycles. The van der Waals surface area contributed by atoms with Crippen LogP contribution in [0.15, 0.2) is 37.2 Å². The first-order valence-corrected chi connectivity index (χ1v) is 6.55. The van der Waals surface area contributed by atoms with Crippen molar-refractivity contribution in [3.8, 4) is 0 Å². The maximum absolute atomic E-state index is 12.2. The fraction of sp³-hybridized carbons (Fsp3) is 0.400. The van der Waals surface area contributed by atoms with E-state index in [9.17, 15) is 9.59 Å². The molecule has 108 valence electrons. The van der Waals surface area contributed by atoms with Gasteiger partial charge in [-0.15, -0.1) is 0 Å². The van der Waals surface area contributed by atoms with Crippen LogP contribution in [0.5, 0.6) is 0 Å². The van der Waals surface area contributed by atoms with Gasteiger partial charge < -0.3 is 5.32 Å². The van der Waals surface area contributed by atoms with Gasteiger partial charge in [-0.1, -0.05) is 26.5 Å². The summed E-state index contributed by atoms with van der Waals surface area (Å²) in [4.78, 5) is 29.2. The minimum absolute atomic E-state index is 0.0398. The van der Waals surface area contributed by atoms with E-state index in [2.05, 4.69) is 16.9 Å². The number of hydrogen-bond acceptors (Lipinski definition) is 3. The first-order chi connectivity index (χ1) is 9.45. The Morgan fingerprint density at radius 2 is 2.15 bits per heavy atom. The number of carbonyl (C=O) groups excluding carboxylic acids is 2. The van der Waals surface area contributed by atoms with Crippen LogP contribution in [0, 0.1) is 5.92 Å². The third-order valence-corrected chi connectivity index (χ3v) is 2.92. The molecule has 1 aromatic rings. The lowest BCUT2D eigenvalue weighted by atomic mass is 10.0. The van der Waals surface area contributed by atoms with Gasteiger partial charge in [0.1, 0.15) is 0 Å². The first kappa shape index (κ1) is 15.9. The van der Waals surface area contributed by atoms with Crippen LogP contribution in [-0.2, 0) is 11.3 Å². The number of nitrogens with one attached hydrogen (secondary N) is 1. The maximum atomic E-state index is 12.2. The molecule has 1 unspecified atom stereocenters. The number of carbonyl (C=O) groups is 2. The highest BCUT2D eigenvalue weighted by Crippen LogP contribution is 2.06. The monoisotopic (exact) mass is 275 g/mol. The van der Waals surface area contributed by atoms with Crippen molar-refractivity contribution < 1.29 is 9.59 Å². The number of hydrogen-bond donors (Lipinski definition) is 1. The number of urea groups is 1. The Balaban J connectivity index is 2.72. The number of ketones is 1. The third-order valence-electron chi connectivity index (χ3n) is 2.92. The molecule has 5 nitrogen and oxygen atoms in total. The maximum Gasteiger partial charge on any atom is 0.322 e. The first-order valence-electron chi connectivity index (χ1n) is 6.55. The van der Waals surface area contributed by atoms with Gasteiger partial charge in [0.05, 0.1) is 18.3 Å². The largest absolute Gasteiger partial charge is 0.328 e. The van der Waals surface area contributed by atoms with Crippen molar-refractivity contribution in [2.24, 2.45) is 5.92 Å². The lowest BCUT2D eigenvalue weighted by molar-refractivity contribution is -0.119. The van der Waals surface area contributed by atoms with Crippen LogP contribution in [0.1, 0.15) is 26.5 Å². The second kappa shape index (κ2) is 7.43. The molecule has 0 aliphatic heterocycles. The van der Waals surface area contributed by atoms with Crippen molar-refractivity contribution in [2.75, 3.05) is 0 Å². The number of amides is 2. The van der Waals surface area contributed by atoms with Crippen molar-refractivity contribution >= 4 is 11.8 Å².